The summed E-state index contributed by atoms with van der Waals surface area (Å²) in [5, 5.41) is 5.27. The third kappa shape index (κ3) is 1.57. The van der Waals surface area contributed by atoms with Crippen LogP contribution in [-0.4, -0.2) is 4.98 Å². The van der Waals surface area contributed by atoms with Gasteiger partial charge in [-0.05, 0) is 40.1 Å². The Kier molecular flexibility index (Phi) is 2.39. The van der Waals surface area contributed by atoms with Crippen LogP contribution >= 0.6 is 0 Å². The number of nitrogens with zero attached hydrogens (tertiary/aromatic N) is 1. The minimum absolute atomic E-state index is 1.11. The number of aromatic nitrogens is 1. The summed E-state index contributed by atoms with van der Waals surface area (Å²) >= 11 is 0. The molecule has 1 heterocycles. The number of rotatable bonds is 1. The van der Waals surface area contributed by atoms with E-state index in [1.54, 1.807) is 0 Å². The summed E-state index contributed by atoms with van der Waals surface area (Å²) < 4.78 is 0. The minimum Gasteiger partial charge on any atom is -0.255 e. The van der Waals surface area contributed by atoms with Crippen LogP contribution in [0.5, 0.6) is 0 Å². The lowest BCUT2D eigenvalue weighted by molar-refractivity contribution is 1.02. The van der Waals surface area contributed by atoms with Crippen molar-refractivity contribution in [1.82, 2.24) is 4.98 Å². The molecule has 1 nitrogen and oxygen atoms in total. The molecule has 0 spiro atoms. The van der Waals surface area contributed by atoms with E-state index in [1.807, 2.05) is 0 Å². The van der Waals surface area contributed by atoms with Gasteiger partial charge in [-0.15, -0.1) is 0 Å². The molecule has 0 saturated carbocycles. The average molecular weight is 281 g/mol. The van der Waals surface area contributed by atoms with Gasteiger partial charge in [-0.3, -0.25) is 4.98 Å². The lowest BCUT2D eigenvalue weighted by Crippen LogP contribution is -1.90. The topological polar surface area (TPSA) is 12.9 Å². The van der Waals surface area contributed by atoms with E-state index >= 15 is 0 Å². The van der Waals surface area contributed by atoms with Crippen molar-refractivity contribution in [2.24, 2.45) is 0 Å². The van der Waals surface area contributed by atoms with Crippen molar-refractivity contribution < 1.29 is 0 Å². The maximum atomic E-state index is 4.83. The molecule has 0 fully saturated rings. The molecule has 0 unspecified atom stereocenters. The molecule has 0 bridgehead atoms. The van der Waals surface area contributed by atoms with Crippen LogP contribution in [0, 0.1) is 0 Å². The third-order valence-corrected chi connectivity index (χ3v) is 4.78. The summed E-state index contributed by atoms with van der Waals surface area (Å²) in [6.45, 7) is 0. The van der Waals surface area contributed by atoms with Gasteiger partial charge in [0.25, 0.3) is 0 Å². The quantitative estimate of drug-likeness (QED) is 0.470. The van der Waals surface area contributed by atoms with Gasteiger partial charge in [0.05, 0.1) is 5.69 Å². The van der Waals surface area contributed by atoms with Gasteiger partial charge in [0.1, 0.15) is 0 Å². The van der Waals surface area contributed by atoms with Gasteiger partial charge < -0.3 is 0 Å². The van der Waals surface area contributed by atoms with E-state index in [0.29, 0.717) is 0 Å². The fourth-order valence-corrected chi connectivity index (χ4v) is 3.77. The van der Waals surface area contributed by atoms with Crippen molar-refractivity contribution in [3.8, 4) is 11.3 Å². The Morgan fingerprint density at radius 3 is 2.45 bits per heavy atom. The van der Waals surface area contributed by atoms with E-state index in [2.05, 4.69) is 66.9 Å². The molecule has 0 amide bonds. The second-order valence-corrected chi connectivity index (χ2v) is 6.00. The first-order valence-corrected chi connectivity index (χ1v) is 7.79. The lowest BCUT2D eigenvalue weighted by Gasteiger charge is -2.10. The van der Waals surface area contributed by atoms with Gasteiger partial charge in [0.15, 0.2) is 0 Å². The Bertz CT molecular complexity index is 1010. The Balaban J connectivity index is 1.92. The predicted octanol–water partition coefficient (Wildman–Crippen LogP) is 5.15. The molecule has 0 saturated heterocycles. The summed E-state index contributed by atoms with van der Waals surface area (Å²) in [6, 6.07) is 21.7. The summed E-state index contributed by atoms with van der Waals surface area (Å²) in [5.41, 5.74) is 5.21. The molecule has 5 rings (SSSR count). The van der Waals surface area contributed by atoms with E-state index in [4.69, 9.17) is 4.98 Å². The molecule has 104 valence electrons. The van der Waals surface area contributed by atoms with Gasteiger partial charge in [-0.2, -0.15) is 0 Å². The third-order valence-electron chi connectivity index (χ3n) is 4.78. The Morgan fingerprint density at radius 1 is 0.682 bits per heavy atom. The molecule has 1 aliphatic rings. The van der Waals surface area contributed by atoms with Crippen LogP contribution in [0.25, 0.3) is 32.8 Å². The smallest absolute Gasteiger partial charge is 0.0786 e. The highest BCUT2D eigenvalue weighted by molar-refractivity contribution is 6.05. The van der Waals surface area contributed by atoms with Crippen LogP contribution in [0.2, 0.25) is 0 Å². The molecule has 3 aromatic carbocycles. The fraction of sp³-hybridized carbons (Fsp3) is 0.0952. The maximum Gasteiger partial charge on any atom is 0.0786 e. The average Bonchev–Trinajstić information content (AvgIpc) is 3.00. The summed E-state index contributed by atoms with van der Waals surface area (Å²) in [6.07, 6.45) is 4.35. The predicted molar refractivity (Wildman–Crippen MR) is 92.1 cm³/mol. The zero-order valence-corrected chi connectivity index (χ0v) is 12.2. The lowest BCUT2D eigenvalue weighted by atomic mass is 9.97. The number of hydrogen-bond acceptors (Lipinski definition) is 1. The molecule has 4 aromatic rings. The van der Waals surface area contributed by atoms with Crippen LogP contribution in [-0.2, 0) is 12.8 Å². The second kappa shape index (κ2) is 4.41. The van der Waals surface area contributed by atoms with Gasteiger partial charge in [0.2, 0.25) is 0 Å². The molecule has 0 atom stereocenters. The van der Waals surface area contributed by atoms with E-state index in [-0.39, 0.29) is 0 Å². The van der Waals surface area contributed by atoms with Crippen molar-refractivity contribution in [1.29, 1.82) is 0 Å². The minimum atomic E-state index is 1.11. The van der Waals surface area contributed by atoms with Crippen molar-refractivity contribution in [2.75, 3.05) is 0 Å². The highest BCUT2D eigenvalue weighted by Gasteiger charge is 2.18. The number of benzene rings is 3. The Labute approximate surface area is 129 Å². The van der Waals surface area contributed by atoms with E-state index in [1.165, 1.54) is 38.2 Å². The molecule has 22 heavy (non-hydrogen) atoms. The Hall–Kier alpha value is -2.67. The summed E-state index contributed by atoms with van der Waals surface area (Å²) in [7, 11) is 0. The van der Waals surface area contributed by atoms with Crippen LogP contribution in [0.15, 0.2) is 66.9 Å². The molecule has 0 N–H and O–H groups in total. The SMILES string of the molecule is c1ccc2c(-c3ncc4c5c(cccc35)CC4)cccc2c1. The first kappa shape index (κ1) is 11.9. The van der Waals surface area contributed by atoms with Gasteiger partial charge in [0, 0.05) is 17.1 Å². The molecule has 1 heteroatoms. The van der Waals surface area contributed by atoms with Gasteiger partial charge in [-0.1, -0.05) is 60.7 Å². The molecular weight excluding hydrogens is 266 g/mol. The molecule has 0 aliphatic heterocycles. The van der Waals surface area contributed by atoms with Crippen LogP contribution in [0.1, 0.15) is 11.1 Å². The van der Waals surface area contributed by atoms with E-state index < -0.39 is 0 Å². The van der Waals surface area contributed by atoms with Gasteiger partial charge >= 0.3 is 0 Å². The summed E-state index contributed by atoms with van der Waals surface area (Å²) in [4.78, 5) is 4.83. The normalized spacial score (nSPS) is 13.1. The zero-order valence-electron chi connectivity index (χ0n) is 12.2. The molecule has 1 aliphatic carbocycles. The number of hydrogen-bond donors (Lipinski definition) is 0. The zero-order chi connectivity index (χ0) is 14.5. The number of fused-ring (bicyclic) bond motifs is 1. The largest absolute Gasteiger partial charge is 0.255 e. The number of pyridine rings is 1. The monoisotopic (exact) mass is 281 g/mol. The standard InChI is InChI=1S/C21H15N/c1-2-8-17-14(5-1)6-3-9-18(17)21-19-10-4-7-15-11-12-16(13-22-21)20(15)19/h1-10,13H,11-12H2. The summed E-state index contributed by atoms with van der Waals surface area (Å²) in [5.74, 6) is 0. The first-order valence-electron chi connectivity index (χ1n) is 7.79. The first-order chi connectivity index (χ1) is 10.9. The molecular formula is C21H15N. The maximum absolute atomic E-state index is 4.83. The fourth-order valence-electron chi connectivity index (χ4n) is 3.77. The van der Waals surface area contributed by atoms with E-state index in [0.717, 1.165) is 18.5 Å². The van der Waals surface area contributed by atoms with Crippen LogP contribution < -0.4 is 0 Å². The number of aryl methyl sites for hydroxylation is 2. The van der Waals surface area contributed by atoms with Crippen LogP contribution in [0.4, 0.5) is 0 Å². The highest BCUT2D eigenvalue weighted by atomic mass is 14.7. The molecule has 0 radical (unpaired) electrons. The van der Waals surface area contributed by atoms with Crippen molar-refractivity contribution in [3.63, 3.8) is 0 Å². The second-order valence-electron chi connectivity index (χ2n) is 6.00. The highest BCUT2D eigenvalue weighted by Crippen LogP contribution is 2.37. The van der Waals surface area contributed by atoms with Crippen LogP contribution in [0.3, 0.4) is 0 Å². The molecule has 1 aromatic heterocycles. The van der Waals surface area contributed by atoms with Crippen molar-refractivity contribution >= 4 is 21.5 Å². The van der Waals surface area contributed by atoms with Gasteiger partial charge in [-0.25, -0.2) is 0 Å². The van der Waals surface area contributed by atoms with E-state index in [9.17, 15) is 0 Å². The van der Waals surface area contributed by atoms with Crippen molar-refractivity contribution in [2.45, 2.75) is 12.8 Å². The van der Waals surface area contributed by atoms with Crippen molar-refractivity contribution in [3.05, 3.63) is 78.0 Å². The Morgan fingerprint density at radius 2 is 1.45 bits per heavy atom.